The fraction of sp³-hybridized carbons (Fsp3) is 0.455. The molecule has 4 rings (SSSR count). The first-order valence-electron chi connectivity index (χ1n) is 9.81. The Morgan fingerprint density at radius 2 is 1.17 bits per heavy atom. The van der Waals surface area contributed by atoms with E-state index in [0.29, 0.717) is 47.3 Å². The van der Waals surface area contributed by atoms with E-state index in [2.05, 4.69) is 0 Å². The topological polar surface area (TPSA) is 95.8 Å². The molecule has 0 saturated heterocycles. The maximum atomic E-state index is 10.1. The third-order valence-corrected chi connectivity index (χ3v) is 5.57. The molecule has 2 atom stereocenters. The lowest BCUT2D eigenvalue weighted by Crippen LogP contribution is -2.26. The van der Waals surface area contributed by atoms with Gasteiger partial charge in [0.15, 0.2) is 23.0 Å². The van der Waals surface area contributed by atoms with Gasteiger partial charge in [0.05, 0.1) is 14.2 Å². The minimum absolute atomic E-state index is 0.0658. The normalized spacial score (nSPS) is 15.7. The highest BCUT2D eigenvalue weighted by Gasteiger charge is 2.27. The Morgan fingerprint density at radius 3 is 1.53 bits per heavy atom. The first-order chi connectivity index (χ1) is 14.7. The van der Waals surface area contributed by atoms with Crippen molar-refractivity contribution in [1.29, 1.82) is 0 Å². The molecule has 0 saturated carbocycles. The molecule has 0 spiro atoms. The van der Waals surface area contributed by atoms with Crippen LogP contribution in [0.3, 0.4) is 0 Å². The van der Waals surface area contributed by atoms with Crippen LogP contribution in [0.4, 0.5) is 0 Å². The third kappa shape index (κ3) is 3.93. The van der Waals surface area contributed by atoms with Crippen molar-refractivity contribution in [1.82, 2.24) is 0 Å². The van der Waals surface area contributed by atoms with Gasteiger partial charge in [-0.25, -0.2) is 0 Å². The molecule has 0 amide bonds. The Bertz CT molecular complexity index is 824. The van der Waals surface area contributed by atoms with Crippen LogP contribution in [0.5, 0.6) is 34.5 Å². The van der Waals surface area contributed by atoms with Crippen LogP contribution in [0.25, 0.3) is 0 Å². The molecule has 2 aromatic rings. The van der Waals surface area contributed by atoms with Gasteiger partial charge >= 0.3 is 0 Å². The molecular formula is C22H26O8. The van der Waals surface area contributed by atoms with Crippen LogP contribution in [0, 0.1) is 11.8 Å². The van der Waals surface area contributed by atoms with Gasteiger partial charge in [0.1, 0.15) is 0 Å². The van der Waals surface area contributed by atoms with E-state index in [-0.39, 0.29) is 38.6 Å². The highest BCUT2D eigenvalue weighted by Crippen LogP contribution is 2.44. The summed E-state index contributed by atoms with van der Waals surface area (Å²) >= 11 is 0. The zero-order valence-electron chi connectivity index (χ0n) is 17.1. The van der Waals surface area contributed by atoms with Crippen LogP contribution in [-0.2, 0) is 12.8 Å². The summed E-state index contributed by atoms with van der Waals surface area (Å²) in [6.07, 6.45) is 1.10. The fourth-order valence-electron chi connectivity index (χ4n) is 3.97. The Balaban J connectivity index is 1.54. The molecule has 2 heterocycles. The van der Waals surface area contributed by atoms with E-state index in [0.717, 1.165) is 11.1 Å². The predicted molar refractivity (Wildman–Crippen MR) is 107 cm³/mol. The van der Waals surface area contributed by atoms with E-state index in [4.69, 9.17) is 28.4 Å². The fourth-order valence-corrected chi connectivity index (χ4v) is 3.97. The van der Waals surface area contributed by atoms with Gasteiger partial charge in [-0.15, -0.1) is 0 Å². The lowest BCUT2D eigenvalue weighted by atomic mass is 9.83. The number of ether oxygens (including phenoxy) is 6. The standard InChI is InChI=1S/C22H26O8/c1-25-17-5-13(7-19-21(17)29-11-27-19)3-15(9-23)16(10-24)4-14-6-18(26-2)22-20(8-14)28-12-30-22/h5-8,15-16,23-24H,3-4,9-12H2,1-2H3/t15-,16-/m0/s1. The lowest BCUT2D eigenvalue weighted by Gasteiger charge is -2.25. The number of benzene rings is 2. The maximum absolute atomic E-state index is 10.1. The van der Waals surface area contributed by atoms with Gasteiger partial charge in [-0.3, -0.25) is 0 Å². The Kier molecular flexibility index (Phi) is 6.06. The Labute approximate surface area is 174 Å². The molecular weight excluding hydrogens is 392 g/mol. The molecule has 8 heteroatoms. The first-order valence-corrected chi connectivity index (χ1v) is 9.81. The second kappa shape index (κ2) is 8.89. The summed E-state index contributed by atoms with van der Waals surface area (Å²) in [6, 6.07) is 7.56. The third-order valence-electron chi connectivity index (χ3n) is 5.57. The molecule has 30 heavy (non-hydrogen) atoms. The second-order valence-corrected chi connectivity index (χ2v) is 7.36. The number of rotatable bonds is 9. The van der Waals surface area contributed by atoms with E-state index < -0.39 is 0 Å². The molecule has 0 unspecified atom stereocenters. The molecule has 0 aliphatic carbocycles. The van der Waals surface area contributed by atoms with Gasteiger partial charge in [-0.1, -0.05) is 0 Å². The van der Waals surface area contributed by atoms with Gasteiger partial charge in [0, 0.05) is 13.2 Å². The number of aliphatic hydroxyl groups excluding tert-OH is 2. The number of hydrogen-bond acceptors (Lipinski definition) is 8. The monoisotopic (exact) mass is 418 g/mol. The van der Waals surface area contributed by atoms with E-state index in [1.807, 2.05) is 24.3 Å². The molecule has 0 radical (unpaired) electrons. The van der Waals surface area contributed by atoms with Crippen molar-refractivity contribution < 1.29 is 38.6 Å². The average molecular weight is 418 g/mol. The number of aliphatic hydroxyl groups is 2. The molecule has 2 aromatic carbocycles. The highest BCUT2D eigenvalue weighted by atomic mass is 16.7. The lowest BCUT2D eigenvalue weighted by molar-refractivity contribution is 0.119. The smallest absolute Gasteiger partial charge is 0.231 e. The van der Waals surface area contributed by atoms with E-state index in [1.165, 1.54) is 0 Å². The van der Waals surface area contributed by atoms with Crippen molar-refractivity contribution >= 4 is 0 Å². The van der Waals surface area contributed by atoms with Crippen LogP contribution in [-0.4, -0.2) is 51.2 Å². The summed E-state index contributed by atoms with van der Waals surface area (Å²) in [5.41, 5.74) is 1.88. The zero-order valence-corrected chi connectivity index (χ0v) is 17.1. The van der Waals surface area contributed by atoms with E-state index >= 15 is 0 Å². The molecule has 0 aromatic heterocycles. The molecule has 2 aliphatic heterocycles. The van der Waals surface area contributed by atoms with Crippen LogP contribution in [0.15, 0.2) is 24.3 Å². The molecule has 0 fully saturated rings. The minimum atomic E-state index is -0.170. The molecule has 162 valence electrons. The van der Waals surface area contributed by atoms with E-state index in [1.54, 1.807) is 14.2 Å². The summed E-state index contributed by atoms with van der Waals surface area (Å²) in [6.45, 7) is 0.181. The quantitative estimate of drug-likeness (QED) is 0.640. The van der Waals surface area contributed by atoms with Crippen molar-refractivity contribution in [2.45, 2.75) is 12.8 Å². The Hall–Kier alpha value is -2.84. The van der Waals surface area contributed by atoms with Gasteiger partial charge in [0.2, 0.25) is 25.1 Å². The number of methoxy groups -OCH3 is 2. The number of hydrogen-bond donors (Lipinski definition) is 2. The molecule has 2 N–H and O–H groups in total. The zero-order chi connectivity index (χ0) is 21.1. The molecule has 2 aliphatic rings. The van der Waals surface area contributed by atoms with Crippen LogP contribution < -0.4 is 28.4 Å². The predicted octanol–water partition coefficient (Wildman–Crippen LogP) is 2.16. The van der Waals surface area contributed by atoms with Gasteiger partial charge in [-0.05, 0) is 60.1 Å². The Morgan fingerprint density at radius 1 is 0.733 bits per heavy atom. The van der Waals surface area contributed by atoms with Crippen molar-refractivity contribution in [3.8, 4) is 34.5 Å². The largest absolute Gasteiger partial charge is 0.493 e. The summed E-state index contributed by atoms with van der Waals surface area (Å²) in [4.78, 5) is 0. The van der Waals surface area contributed by atoms with Crippen LogP contribution in [0.2, 0.25) is 0 Å². The van der Waals surface area contributed by atoms with Crippen molar-refractivity contribution in [2.24, 2.45) is 11.8 Å². The minimum Gasteiger partial charge on any atom is -0.493 e. The summed E-state index contributed by atoms with van der Waals surface area (Å²) in [5, 5.41) is 20.1. The van der Waals surface area contributed by atoms with Crippen LogP contribution >= 0.6 is 0 Å². The van der Waals surface area contributed by atoms with Crippen molar-refractivity contribution in [3.05, 3.63) is 35.4 Å². The van der Waals surface area contributed by atoms with Crippen molar-refractivity contribution in [2.75, 3.05) is 41.0 Å². The first kappa shape index (κ1) is 20.4. The summed E-state index contributed by atoms with van der Waals surface area (Å²) < 4.78 is 32.7. The van der Waals surface area contributed by atoms with Crippen molar-refractivity contribution in [3.63, 3.8) is 0 Å². The van der Waals surface area contributed by atoms with Gasteiger partial charge < -0.3 is 38.6 Å². The maximum Gasteiger partial charge on any atom is 0.231 e. The van der Waals surface area contributed by atoms with Gasteiger partial charge in [0.25, 0.3) is 0 Å². The molecule has 8 nitrogen and oxygen atoms in total. The van der Waals surface area contributed by atoms with E-state index in [9.17, 15) is 10.2 Å². The SMILES string of the molecule is COc1cc(C[C@@H](CO)[C@H](CO)Cc2cc(OC)c3c(c2)OCO3)cc2c1OCO2. The van der Waals surface area contributed by atoms with Crippen LogP contribution in [0.1, 0.15) is 11.1 Å². The highest BCUT2D eigenvalue weighted by molar-refractivity contribution is 5.56. The number of fused-ring (bicyclic) bond motifs is 2. The average Bonchev–Trinajstić information content (AvgIpc) is 3.44. The molecule has 0 bridgehead atoms. The second-order valence-electron chi connectivity index (χ2n) is 7.36. The van der Waals surface area contributed by atoms with Gasteiger partial charge in [-0.2, -0.15) is 0 Å². The summed E-state index contributed by atoms with van der Waals surface area (Å²) in [7, 11) is 3.16. The summed E-state index contributed by atoms with van der Waals surface area (Å²) in [5.74, 6) is 3.29.